The van der Waals surface area contributed by atoms with Gasteiger partial charge >= 0.3 is 0 Å². The highest BCUT2D eigenvalue weighted by molar-refractivity contribution is 5.85. The van der Waals surface area contributed by atoms with E-state index in [9.17, 15) is 4.39 Å². The first kappa shape index (κ1) is 18.4. The molecule has 0 aliphatic carbocycles. The minimum absolute atomic E-state index is 0. The van der Waals surface area contributed by atoms with Gasteiger partial charge in [0, 0.05) is 0 Å². The molecule has 24 heavy (non-hydrogen) atoms. The van der Waals surface area contributed by atoms with E-state index in [1.54, 1.807) is 12.1 Å². The summed E-state index contributed by atoms with van der Waals surface area (Å²) in [5.41, 5.74) is 3.15. The standard InChI is InChI=1S/C19H19FN2O.ClH/c1-22-10-2-9-19(16-4-6-17(20)7-5-16)18-8-3-14(12-21)11-15(18)13-23-19;/h3-8,11,22H,2,9-10,13H2,1H3;1H/t19-;/m0./s1. The van der Waals surface area contributed by atoms with E-state index in [2.05, 4.69) is 11.4 Å². The van der Waals surface area contributed by atoms with Crippen LogP contribution in [-0.2, 0) is 16.9 Å². The van der Waals surface area contributed by atoms with Gasteiger partial charge in [-0.05, 0) is 67.4 Å². The summed E-state index contributed by atoms with van der Waals surface area (Å²) in [6.45, 7) is 1.36. The van der Waals surface area contributed by atoms with Crippen LogP contribution in [0.2, 0.25) is 0 Å². The Kier molecular flexibility index (Phi) is 5.95. The molecule has 1 N–H and O–H groups in total. The van der Waals surface area contributed by atoms with Crippen molar-refractivity contribution in [1.29, 1.82) is 5.26 Å². The molecule has 3 nitrogen and oxygen atoms in total. The lowest BCUT2D eigenvalue weighted by Crippen LogP contribution is -2.28. The van der Waals surface area contributed by atoms with Gasteiger partial charge in [-0.3, -0.25) is 0 Å². The van der Waals surface area contributed by atoms with Gasteiger partial charge in [0.2, 0.25) is 0 Å². The molecule has 0 saturated heterocycles. The maximum Gasteiger partial charge on any atom is 0.123 e. The molecule has 1 heterocycles. The Bertz CT molecular complexity index is 742. The summed E-state index contributed by atoms with van der Waals surface area (Å²) in [7, 11) is 1.92. The molecule has 126 valence electrons. The van der Waals surface area contributed by atoms with E-state index >= 15 is 0 Å². The third kappa shape index (κ3) is 3.29. The first-order valence-corrected chi connectivity index (χ1v) is 7.78. The fraction of sp³-hybridized carbons (Fsp3) is 0.316. The van der Waals surface area contributed by atoms with Crippen LogP contribution in [0.3, 0.4) is 0 Å². The molecule has 0 unspecified atom stereocenters. The fourth-order valence-electron chi connectivity index (χ4n) is 3.28. The molecule has 0 bridgehead atoms. The van der Waals surface area contributed by atoms with Gasteiger partial charge in [0.1, 0.15) is 11.4 Å². The lowest BCUT2D eigenvalue weighted by molar-refractivity contribution is -0.0128. The van der Waals surface area contributed by atoms with Crippen molar-refractivity contribution in [2.24, 2.45) is 0 Å². The molecular formula is C19H20ClFN2O. The molecule has 0 aromatic heterocycles. The molecule has 0 spiro atoms. The van der Waals surface area contributed by atoms with Crippen molar-refractivity contribution in [3.63, 3.8) is 0 Å². The second kappa shape index (κ2) is 7.76. The van der Waals surface area contributed by atoms with E-state index in [0.717, 1.165) is 36.1 Å². The van der Waals surface area contributed by atoms with E-state index in [0.29, 0.717) is 12.2 Å². The minimum Gasteiger partial charge on any atom is -0.361 e. The van der Waals surface area contributed by atoms with Crippen molar-refractivity contribution >= 4 is 12.4 Å². The van der Waals surface area contributed by atoms with Gasteiger partial charge in [-0.1, -0.05) is 18.2 Å². The molecule has 5 heteroatoms. The topological polar surface area (TPSA) is 45.0 Å². The summed E-state index contributed by atoms with van der Waals surface area (Å²) in [5.74, 6) is -0.253. The SMILES string of the molecule is CNCCC[C@@]1(c2ccc(F)cc2)OCc2cc(C#N)ccc21.Cl. The highest BCUT2D eigenvalue weighted by Crippen LogP contribution is 2.45. The molecule has 1 atom stereocenters. The Balaban J connectivity index is 0.00000208. The zero-order valence-electron chi connectivity index (χ0n) is 13.5. The number of rotatable bonds is 5. The number of halogens is 2. The second-order valence-corrected chi connectivity index (χ2v) is 5.81. The van der Waals surface area contributed by atoms with Crippen molar-refractivity contribution in [2.75, 3.05) is 13.6 Å². The van der Waals surface area contributed by atoms with E-state index < -0.39 is 5.60 Å². The second-order valence-electron chi connectivity index (χ2n) is 5.81. The minimum atomic E-state index is -0.562. The predicted molar refractivity (Wildman–Crippen MR) is 93.5 cm³/mol. The quantitative estimate of drug-likeness (QED) is 0.835. The van der Waals surface area contributed by atoms with Crippen molar-refractivity contribution in [1.82, 2.24) is 5.32 Å². The summed E-state index contributed by atoms with van der Waals surface area (Å²) in [4.78, 5) is 0. The van der Waals surface area contributed by atoms with E-state index in [4.69, 9.17) is 10.00 Å². The van der Waals surface area contributed by atoms with Gasteiger partial charge in [0.25, 0.3) is 0 Å². The zero-order valence-corrected chi connectivity index (χ0v) is 14.3. The van der Waals surface area contributed by atoms with E-state index in [-0.39, 0.29) is 18.2 Å². The average Bonchev–Trinajstić information content (AvgIpc) is 2.95. The van der Waals surface area contributed by atoms with Crippen molar-refractivity contribution in [2.45, 2.75) is 25.0 Å². The highest BCUT2D eigenvalue weighted by Gasteiger charge is 2.41. The van der Waals surface area contributed by atoms with Crippen LogP contribution in [-0.4, -0.2) is 13.6 Å². The molecule has 0 fully saturated rings. The fourth-order valence-corrected chi connectivity index (χ4v) is 3.28. The van der Waals surface area contributed by atoms with E-state index in [1.165, 1.54) is 12.1 Å². The van der Waals surface area contributed by atoms with Gasteiger partial charge in [-0.15, -0.1) is 12.4 Å². The van der Waals surface area contributed by atoms with Crippen LogP contribution < -0.4 is 5.32 Å². The number of benzene rings is 2. The summed E-state index contributed by atoms with van der Waals surface area (Å²) >= 11 is 0. The lowest BCUT2D eigenvalue weighted by Gasteiger charge is -2.30. The van der Waals surface area contributed by atoms with Crippen molar-refractivity contribution in [3.8, 4) is 6.07 Å². The monoisotopic (exact) mass is 346 g/mol. The average molecular weight is 347 g/mol. The van der Waals surface area contributed by atoms with Crippen LogP contribution in [0.4, 0.5) is 4.39 Å². The van der Waals surface area contributed by atoms with Crippen LogP contribution in [0.25, 0.3) is 0 Å². The molecule has 1 aliphatic heterocycles. The van der Waals surface area contributed by atoms with Crippen LogP contribution in [0.1, 0.15) is 35.1 Å². The normalized spacial score (nSPS) is 18.5. The Morgan fingerprint density at radius 1 is 1.25 bits per heavy atom. The summed E-state index contributed by atoms with van der Waals surface area (Å²) in [5, 5.41) is 12.2. The Hall–Kier alpha value is -1.93. The molecule has 0 saturated carbocycles. The summed E-state index contributed by atoms with van der Waals surface area (Å²) in [6.07, 6.45) is 1.74. The summed E-state index contributed by atoms with van der Waals surface area (Å²) < 4.78 is 19.5. The maximum absolute atomic E-state index is 13.3. The molecule has 1 aliphatic rings. The first-order valence-electron chi connectivity index (χ1n) is 7.78. The Labute approximate surface area is 147 Å². The summed E-state index contributed by atoms with van der Waals surface area (Å²) in [6, 6.07) is 14.4. The van der Waals surface area contributed by atoms with Crippen LogP contribution >= 0.6 is 12.4 Å². The number of nitrogens with one attached hydrogen (secondary N) is 1. The zero-order chi connectivity index (χ0) is 16.3. The number of fused-ring (bicyclic) bond motifs is 1. The van der Waals surface area contributed by atoms with Crippen LogP contribution in [0, 0.1) is 17.1 Å². The maximum atomic E-state index is 13.3. The third-order valence-electron chi connectivity index (χ3n) is 4.41. The number of ether oxygens (including phenoxy) is 1. The van der Waals surface area contributed by atoms with Gasteiger partial charge in [0.05, 0.1) is 18.2 Å². The van der Waals surface area contributed by atoms with Gasteiger partial charge in [0.15, 0.2) is 0 Å². The number of nitrogens with zero attached hydrogens (tertiary/aromatic N) is 1. The molecule has 2 aromatic rings. The third-order valence-corrected chi connectivity index (χ3v) is 4.41. The molecule has 0 radical (unpaired) electrons. The smallest absolute Gasteiger partial charge is 0.123 e. The molecule has 2 aromatic carbocycles. The largest absolute Gasteiger partial charge is 0.361 e. The number of nitriles is 1. The Morgan fingerprint density at radius 2 is 2.00 bits per heavy atom. The van der Waals surface area contributed by atoms with Crippen molar-refractivity contribution in [3.05, 3.63) is 70.5 Å². The van der Waals surface area contributed by atoms with Gasteiger partial charge < -0.3 is 10.1 Å². The van der Waals surface area contributed by atoms with E-state index in [1.807, 2.05) is 25.2 Å². The molecule has 0 amide bonds. The molecule has 3 rings (SSSR count). The first-order chi connectivity index (χ1) is 11.2. The lowest BCUT2D eigenvalue weighted by atomic mass is 9.81. The number of hydrogen-bond donors (Lipinski definition) is 1. The van der Waals surface area contributed by atoms with Crippen LogP contribution in [0.15, 0.2) is 42.5 Å². The van der Waals surface area contributed by atoms with Crippen molar-refractivity contribution < 1.29 is 9.13 Å². The van der Waals surface area contributed by atoms with Gasteiger partial charge in [-0.2, -0.15) is 5.26 Å². The van der Waals surface area contributed by atoms with Gasteiger partial charge in [-0.25, -0.2) is 4.39 Å². The van der Waals surface area contributed by atoms with Crippen LogP contribution in [0.5, 0.6) is 0 Å². The predicted octanol–water partition coefficient (Wildman–Crippen LogP) is 3.89. The molecular weight excluding hydrogens is 327 g/mol. The Morgan fingerprint density at radius 3 is 2.67 bits per heavy atom. The highest BCUT2D eigenvalue weighted by atomic mass is 35.5. The number of hydrogen-bond acceptors (Lipinski definition) is 3.